The van der Waals surface area contributed by atoms with E-state index in [2.05, 4.69) is 25.1 Å². The maximum absolute atomic E-state index is 13.7. The van der Waals surface area contributed by atoms with E-state index < -0.39 is 11.6 Å². The molecule has 3 N–H and O–H groups in total. The lowest BCUT2D eigenvalue weighted by molar-refractivity contribution is -0.172. The number of fused-ring (bicyclic) bond motifs is 7. The van der Waals surface area contributed by atoms with E-state index in [1.54, 1.807) is 17.6 Å². The summed E-state index contributed by atoms with van der Waals surface area (Å²) in [6, 6.07) is 16.0. The van der Waals surface area contributed by atoms with Gasteiger partial charge in [0.2, 0.25) is 0 Å². The summed E-state index contributed by atoms with van der Waals surface area (Å²) in [5.74, 6) is -0.724. The van der Waals surface area contributed by atoms with Crippen LogP contribution in [0.2, 0.25) is 0 Å². The van der Waals surface area contributed by atoms with E-state index in [9.17, 15) is 14.7 Å². The SMILES string of the molecule is CCc1c2c(nc3ccc4ncc(-c5ccc(CN)cc5)cc4c13)-c1cc3c(c(=O)n1C2)COC(=O)[C@]3(O)CC. The number of pyridine rings is 3. The van der Waals surface area contributed by atoms with Crippen molar-refractivity contribution in [2.24, 2.45) is 5.73 Å². The quantitative estimate of drug-likeness (QED) is 0.256. The number of ether oxygens (including phenoxy) is 1. The predicted octanol–water partition coefficient (Wildman–Crippen LogP) is 4.32. The second-order valence-corrected chi connectivity index (χ2v) is 10.5. The second kappa shape index (κ2) is 8.81. The number of rotatable bonds is 4. The fourth-order valence-corrected chi connectivity index (χ4v) is 6.25. The van der Waals surface area contributed by atoms with Gasteiger partial charge in [-0.2, -0.15) is 0 Å². The minimum atomic E-state index is -1.85. The molecule has 3 aromatic heterocycles. The number of esters is 1. The van der Waals surface area contributed by atoms with Crippen LogP contribution in [0.4, 0.5) is 0 Å². The molecule has 2 aliphatic heterocycles. The Balaban J connectivity index is 1.47. The molecule has 0 bridgehead atoms. The summed E-state index contributed by atoms with van der Waals surface area (Å²) in [7, 11) is 0. The maximum atomic E-state index is 13.7. The van der Waals surface area contributed by atoms with Crippen molar-refractivity contribution >= 4 is 27.8 Å². The molecule has 40 heavy (non-hydrogen) atoms. The lowest BCUT2D eigenvalue weighted by Crippen LogP contribution is -2.44. The first-order valence-corrected chi connectivity index (χ1v) is 13.6. The molecule has 2 aliphatic rings. The molecule has 0 unspecified atom stereocenters. The van der Waals surface area contributed by atoms with Gasteiger partial charge >= 0.3 is 5.97 Å². The number of aryl methyl sites for hydroxylation is 1. The van der Waals surface area contributed by atoms with E-state index in [4.69, 9.17) is 20.4 Å². The molecule has 7 rings (SSSR count). The summed E-state index contributed by atoms with van der Waals surface area (Å²) in [6.45, 7) is 4.53. The van der Waals surface area contributed by atoms with Crippen LogP contribution in [0, 0.1) is 0 Å². The minimum Gasteiger partial charge on any atom is -0.458 e. The fraction of sp³-hybridized carbons (Fsp3) is 0.250. The summed E-state index contributed by atoms with van der Waals surface area (Å²) < 4.78 is 6.90. The van der Waals surface area contributed by atoms with Crippen LogP contribution in [0.5, 0.6) is 0 Å². The Morgan fingerprint density at radius 2 is 1.80 bits per heavy atom. The third-order valence-corrected chi connectivity index (χ3v) is 8.51. The first-order valence-electron chi connectivity index (χ1n) is 13.6. The molecule has 5 heterocycles. The Morgan fingerprint density at radius 1 is 1.02 bits per heavy atom. The van der Waals surface area contributed by atoms with Crippen molar-refractivity contribution in [3.05, 3.63) is 92.9 Å². The van der Waals surface area contributed by atoms with Gasteiger partial charge in [-0.05, 0) is 53.8 Å². The molecule has 8 nitrogen and oxygen atoms in total. The van der Waals surface area contributed by atoms with Gasteiger partial charge in [0.15, 0.2) is 5.60 Å². The Morgan fingerprint density at radius 3 is 2.52 bits per heavy atom. The number of aromatic nitrogens is 3. The van der Waals surface area contributed by atoms with Crippen LogP contribution >= 0.6 is 0 Å². The van der Waals surface area contributed by atoms with Crippen molar-refractivity contribution in [1.29, 1.82) is 0 Å². The third kappa shape index (κ3) is 3.33. The van der Waals surface area contributed by atoms with Crippen molar-refractivity contribution in [3.63, 3.8) is 0 Å². The van der Waals surface area contributed by atoms with Crippen molar-refractivity contribution in [2.75, 3.05) is 0 Å². The van der Waals surface area contributed by atoms with E-state index in [0.29, 0.717) is 35.6 Å². The minimum absolute atomic E-state index is 0.107. The predicted molar refractivity (Wildman–Crippen MR) is 153 cm³/mol. The number of aliphatic hydroxyl groups is 1. The van der Waals surface area contributed by atoms with Gasteiger partial charge in [0.25, 0.3) is 5.56 Å². The third-order valence-electron chi connectivity index (χ3n) is 8.51. The molecular weight excluding hydrogens is 504 g/mol. The lowest BCUT2D eigenvalue weighted by Gasteiger charge is -2.31. The average molecular weight is 533 g/mol. The van der Waals surface area contributed by atoms with E-state index in [1.807, 2.05) is 30.5 Å². The zero-order valence-electron chi connectivity index (χ0n) is 22.3. The Hall–Kier alpha value is -4.40. The molecule has 2 aromatic carbocycles. The number of hydrogen-bond acceptors (Lipinski definition) is 7. The summed E-state index contributed by atoms with van der Waals surface area (Å²) in [6.07, 6.45) is 2.73. The van der Waals surface area contributed by atoms with E-state index in [-0.39, 0.29) is 18.6 Å². The molecule has 200 valence electrons. The molecule has 0 spiro atoms. The smallest absolute Gasteiger partial charge is 0.343 e. The number of nitrogens with zero attached hydrogens (tertiary/aromatic N) is 3. The zero-order valence-corrected chi connectivity index (χ0v) is 22.3. The molecule has 0 saturated heterocycles. The van der Waals surface area contributed by atoms with Gasteiger partial charge < -0.3 is 20.1 Å². The van der Waals surface area contributed by atoms with Crippen LogP contribution < -0.4 is 11.3 Å². The van der Waals surface area contributed by atoms with Crippen LogP contribution in [-0.2, 0) is 41.2 Å². The van der Waals surface area contributed by atoms with Crippen molar-refractivity contribution in [2.45, 2.75) is 52.0 Å². The highest BCUT2D eigenvalue weighted by Gasteiger charge is 2.45. The molecular formula is C32H28N4O4. The monoisotopic (exact) mass is 532 g/mol. The Bertz CT molecular complexity index is 1940. The van der Waals surface area contributed by atoms with Gasteiger partial charge in [0.1, 0.15) is 6.61 Å². The molecule has 1 atom stereocenters. The molecule has 0 aliphatic carbocycles. The highest BCUT2D eigenvalue weighted by atomic mass is 16.6. The first-order chi connectivity index (χ1) is 19.4. The number of carbonyl (C=O) groups is 1. The van der Waals surface area contributed by atoms with Gasteiger partial charge in [-0.1, -0.05) is 38.1 Å². The Kier molecular flexibility index (Phi) is 5.42. The summed E-state index contributed by atoms with van der Waals surface area (Å²) in [5.41, 5.74) is 12.5. The highest BCUT2D eigenvalue weighted by molar-refractivity contribution is 6.09. The lowest BCUT2D eigenvalue weighted by atomic mass is 9.86. The van der Waals surface area contributed by atoms with Crippen LogP contribution in [0.25, 0.3) is 44.3 Å². The van der Waals surface area contributed by atoms with E-state index in [1.165, 1.54) is 0 Å². The van der Waals surface area contributed by atoms with Crippen LogP contribution in [0.15, 0.2) is 59.5 Å². The normalized spacial score (nSPS) is 17.6. The summed E-state index contributed by atoms with van der Waals surface area (Å²) in [4.78, 5) is 36.0. The first kappa shape index (κ1) is 24.6. The molecule has 0 radical (unpaired) electrons. The standard InChI is InChI=1S/C32H28N4O4/c1-3-20-22-15-36-27(12-24-23(30(36)37)16-40-31(38)32(24,39)4-2)29(22)35-26-10-9-25-21(28(20)26)11-19(14-34-25)18-7-5-17(13-33)6-8-18/h5-12,14,39H,3-4,13,15-16,33H2,1-2H3/t32-/m0/s1. The van der Waals surface area contributed by atoms with Crippen molar-refractivity contribution in [3.8, 4) is 22.5 Å². The Labute approximate surface area is 230 Å². The van der Waals surface area contributed by atoms with E-state index >= 15 is 0 Å². The van der Waals surface area contributed by atoms with Crippen molar-refractivity contribution in [1.82, 2.24) is 14.5 Å². The number of nitrogens with two attached hydrogens (primary N) is 1. The van der Waals surface area contributed by atoms with Crippen molar-refractivity contribution < 1.29 is 14.6 Å². The van der Waals surface area contributed by atoms with Gasteiger partial charge in [0.05, 0.1) is 34.5 Å². The van der Waals surface area contributed by atoms with Crippen LogP contribution in [-0.4, -0.2) is 25.6 Å². The number of carbonyl (C=O) groups excluding carboxylic acids is 1. The largest absolute Gasteiger partial charge is 0.458 e. The highest BCUT2D eigenvalue weighted by Crippen LogP contribution is 2.41. The molecule has 8 heteroatoms. The van der Waals surface area contributed by atoms with Gasteiger partial charge in [0, 0.05) is 40.2 Å². The second-order valence-electron chi connectivity index (χ2n) is 10.5. The summed E-state index contributed by atoms with van der Waals surface area (Å²) in [5, 5.41) is 13.2. The van der Waals surface area contributed by atoms with Gasteiger partial charge in [-0.15, -0.1) is 0 Å². The molecule has 0 saturated carbocycles. The maximum Gasteiger partial charge on any atom is 0.343 e. The summed E-state index contributed by atoms with van der Waals surface area (Å²) >= 11 is 0. The molecule has 0 amide bonds. The molecule has 0 fully saturated rings. The van der Waals surface area contributed by atoms with Gasteiger partial charge in [-0.3, -0.25) is 9.78 Å². The molecule has 5 aromatic rings. The van der Waals surface area contributed by atoms with Gasteiger partial charge in [-0.25, -0.2) is 9.78 Å². The number of cyclic esters (lactones) is 1. The zero-order chi connectivity index (χ0) is 27.8. The number of hydrogen-bond donors (Lipinski definition) is 2. The topological polar surface area (TPSA) is 120 Å². The fourth-order valence-electron chi connectivity index (χ4n) is 6.25. The van der Waals surface area contributed by atoms with Crippen LogP contribution in [0.1, 0.15) is 48.1 Å². The number of benzene rings is 2. The average Bonchev–Trinajstić information content (AvgIpc) is 3.36. The van der Waals surface area contributed by atoms with E-state index in [0.717, 1.165) is 56.0 Å². The van der Waals surface area contributed by atoms with Crippen LogP contribution in [0.3, 0.4) is 0 Å².